The third-order valence-corrected chi connectivity index (χ3v) is 5.41. The van der Waals surface area contributed by atoms with Gasteiger partial charge in [-0.15, -0.1) is 16.8 Å². The summed E-state index contributed by atoms with van der Waals surface area (Å²) in [6, 6.07) is 12.2. The van der Waals surface area contributed by atoms with E-state index < -0.39 is 4.92 Å². The monoisotopic (exact) mass is 423 g/mol. The van der Waals surface area contributed by atoms with Crippen molar-refractivity contribution in [2.45, 2.75) is 25.5 Å². The molecule has 8 nitrogen and oxygen atoms in total. The standard InChI is InChI=1S/C21H21N5O3S/c1-4-11-25-20(17-8-6-5-7-14(17)2)23-24-21(25)30-13-19(27)22-18-10-9-16(26(28)29)12-15(18)3/h4-10,12H,1,11,13H2,2-3H3,(H,22,27). The molecule has 0 aliphatic carbocycles. The summed E-state index contributed by atoms with van der Waals surface area (Å²) in [5, 5.41) is 22.8. The summed E-state index contributed by atoms with van der Waals surface area (Å²) in [6.07, 6.45) is 1.76. The van der Waals surface area contributed by atoms with Gasteiger partial charge in [0, 0.05) is 29.9 Å². The molecule has 0 aliphatic rings. The first-order chi connectivity index (χ1) is 14.4. The second kappa shape index (κ2) is 9.36. The average Bonchev–Trinajstić information content (AvgIpc) is 3.11. The smallest absolute Gasteiger partial charge is 0.269 e. The minimum atomic E-state index is -0.465. The summed E-state index contributed by atoms with van der Waals surface area (Å²) < 4.78 is 1.92. The number of rotatable bonds is 8. The fourth-order valence-electron chi connectivity index (χ4n) is 2.93. The van der Waals surface area contributed by atoms with Crippen LogP contribution in [0.1, 0.15) is 11.1 Å². The van der Waals surface area contributed by atoms with E-state index in [2.05, 4.69) is 22.1 Å². The summed E-state index contributed by atoms with van der Waals surface area (Å²) in [4.78, 5) is 22.8. The van der Waals surface area contributed by atoms with E-state index in [-0.39, 0.29) is 17.3 Å². The first kappa shape index (κ1) is 21.3. The molecule has 0 saturated carbocycles. The van der Waals surface area contributed by atoms with Crippen LogP contribution >= 0.6 is 11.8 Å². The van der Waals surface area contributed by atoms with Crippen molar-refractivity contribution in [1.29, 1.82) is 0 Å². The number of aromatic nitrogens is 3. The van der Waals surface area contributed by atoms with E-state index in [1.165, 1.54) is 30.0 Å². The first-order valence-electron chi connectivity index (χ1n) is 9.18. The fourth-order valence-corrected chi connectivity index (χ4v) is 3.68. The van der Waals surface area contributed by atoms with Crippen molar-refractivity contribution in [3.63, 3.8) is 0 Å². The molecule has 0 aliphatic heterocycles. The quantitative estimate of drug-likeness (QED) is 0.249. The number of hydrogen-bond donors (Lipinski definition) is 1. The van der Waals surface area contributed by atoms with E-state index in [9.17, 15) is 14.9 Å². The highest BCUT2D eigenvalue weighted by molar-refractivity contribution is 7.99. The van der Waals surface area contributed by atoms with Gasteiger partial charge < -0.3 is 5.32 Å². The zero-order valence-electron chi connectivity index (χ0n) is 16.7. The fraction of sp³-hybridized carbons (Fsp3) is 0.190. The largest absolute Gasteiger partial charge is 0.325 e. The molecule has 3 aromatic rings. The first-order valence-corrected chi connectivity index (χ1v) is 10.2. The van der Waals surface area contributed by atoms with Crippen LogP contribution < -0.4 is 5.32 Å². The number of allylic oxidation sites excluding steroid dienone is 1. The number of nitrogens with one attached hydrogen (secondary N) is 1. The summed E-state index contributed by atoms with van der Waals surface area (Å²) in [5.74, 6) is 0.615. The average molecular weight is 423 g/mol. The molecule has 0 radical (unpaired) electrons. The Bertz CT molecular complexity index is 1110. The zero-order valence-corrected chi connectivity index (χ0v) is 17.5. The van der Waals surface area contributed by atoms with Crippen molar-refractivity contribution in [2.75, 3.05) is 11.1 Å². The summed E-state index contributed by atoms with van der Waals surface area (Å²) in [6.45, 7) is 8.04. The molecule has 1 heterocycles. The van der Waals surface area contributed by atoms with E-state index >= 15 is 0 Å². The van der Waals surface area contributed by atoms with Crippen molar-refractivity contribution >= 4 is 29.0 Å². The van der Waals surface area contributed by atoms with Gasteiger partial charge in [0.05, 0.1) is 10.7 Å². The summed E-state index contributed by atoms with van der Waals surface area (Å²) in [5.41, 5.74) is 3.21. The van der Waals surface area contributed by atoms with Gasteiger partial charge in [-0.05, 0) is 31.0 Å². The molecule has 1 amide bonds. The number of aryl methyl sites for hydroxylation is 2. The van der Waals surface area contributed by atoms with Crippen molar-refractivity contribution in [3.8, 4) is 11.4 Å². The summed E-state index contributed by atoms with van der Waals surface area (Å²) >= 11 is 1.27. The number of hydrogen-bond acceptors (Lipinski definition) is 6. The third-order valence-electron chi connectivity index (χ3n) is 4.44. The van der Waals surface area contributed by atoms with Gasteiger partial charge in [-0.3, -0.25) is 19.5 Å². The molecule has 2 aromatic carbocycles. The van der Waals surface area contributed by atoms with Gasteiger partial charge in [-0.1, -0.05) is 42.1 Å². The van der Waals surface area contributed by atoms with Crippen molar-refractivity contribution in [1.82, 2.24) is 14.8 Å². The molecule has 0 fully saturated rings. The number of thioether (sulfide) groups is 1. The van der Waals surface area contributed by atoms with Crippen LogP contribution in [0.3, 0.4) is 0 Å². The maximum atomic E-state index is 12.4. The van der Waals surface area contributed by atoms with Crippen LogP contribution in [0.2, 0.25) is 0 Å². The van der Waals surface area contributed by atoms with Crippen LogP contribution in [-0.4, -0.2) is 31.3 Å². The number of amides is 1. The lowest BCUT2D eigenvalue weighted by Gasteiger charge is -2.10. The highest BCUT2D eigenvalue weighted by Gasteiger charge is 2.17. The maximum Gasteiger partial charge on any atom is 0.269 e. The number of non-ortho nitro benzene ring substituents is 1. The Morgan fingerprint density at radius 1 is 1.23 bits per heavy atom. The number of nitrogens with zero attached hydrogens (tertiary/aromatic N) is 4. The zero-order chi connectivity index (χ0) is 21.7. The highest BCUT2D eigenvalue weighted by atomic mass is 32.2. The second-order valence-electron chi connectivity index (χ2n) is 6.61. The molecule has 0 bridgehead atoms. The molecule has 0 saturated heterocycles. The van der Waals surface area contributed by atoms with Crippen LogP contribution in [0.4, 0.5) is 11.4 Å². The van der Waals surface area contributed by atoms with Crippen LogP contribution in [-0.2, 0) is 11.3 Å². The van der Waals surface area contributed by atoms with Gasteiger partial charge in [0.1, 0.15) is 0 Å². The van der Waals surface area contributed by atoms with Gasteiger partial charge in [0.25, 0.3) is 5.69 Å². The van der Waals surface area contributed by atoms with Crippen LogP contribution in [0.5, 0.6) is 0 Å². The van der Waals surface area contributed by atoms with Crippen LogP contribution in [0.25, 0.3) is 11.4 Å². The molecule has 1 N–H and O–H groups in total. The highest BCUT2D eigenvalue weighted by Crippen LogP contribution is 2.27. The van der Waals surface area contributed by atoms with Crippen molar-refractivity contribution in [3.05, 3.63) is 76.4 Å². The van der Waals surface area contributed by atoms with Gasteiger partial charge in [0.15, 0.2) is 11.0 Å². The van der Waals surface area contributed by atoms with E-state index in [1.807, 2.05) is 35.8 Å². The van der Waals surface area contributed by atoms with Gasteiger partial charge in [0.2, 0.25) is 5.91 Å². The Labute approximate surface area is 178 Å². The Hall–Kier alpha value is -3.46. The normalized spacial score (nSPS) is 10.6. The van der Waals surface area contributed by atoms with Gasteiger partial charge >= 0.3 is 0 Å². The van der Waals surface area contributed by atoms with E-state index in [0.717, 1.165) is 17.0 Å². The Morgan fingerprint density at radius 2 is 2.00 bits per heavy atom. The number of anilines is 1. The van der Waals surface area contributed by atoms with Crippen molar-refractivity contribution < 1.29 is 9.72 Å². The number of nitro benzene ring substituents is 1. The lowest BCUT2D eigenvalue weighted by atomic mass is 10.1. The van der Waals surface area contributed by atoms with E-state index in [4.69, 9.17) is 0 Å². The van der Waals surface area contributed by atoms with Gasteiger partial charge in [-0.2, -0.15) is 0 Å². The van der Waals surface area contributed by atoms with Gasteiger partial charge in [-0.25, -0.2) is 0 Å². The predicted molar refractivity (Wildman–Crippen MR) is 118 cm³/mol. The minimum absolute atomic E-state index is 0.0128. The molecular formula is C21H21N5O3S. The van der Waals surface area contributed by atoms with Crippen LogP contribution in [0, 0.1) is 24.0 Å². The molecule has 154 valence electrons. The number of benzene rings is 2. The molecule has 1 aromatic heterocycles. The maximum absolute atomic E-state index is 12.4. The summed E-state index contributed by atoms with van der Waals surface area (Å²) in [7, 11) is 0. The Balaban J connectivity index is 1.73. The SMILES string of the molecule is C=CCn1c(SCC(=O)Nc2ccc([N+](=O)[O-])cc2C)nnc1-c1ccccc1C. The van der Waals surface area contributed by atoms with Crippen LogP contribution in [0.15, 0.2) is 60.3 Å². The number of nitro groups is 1. The molecule has 0 atom stereocenters. The molecule has 9 heteroatoms. The Kier molecular flexibility index (Phi) is 6.63. The molecule has 0 unspecified atom stereocenters. The van der Waals surface area contributed by atoms with E-state index in [1.54, 1.807) is 13.0 Å². The number of carbonyl (C=O) groups excluding carboxylic acids is 1. The Morgan fingerprint density at radius 3 is 2.67 bits per heavy atom. The molecule has 3 rings (SSSR count). The lowest BCUT2D eigenvalue weighted by molar-refractivity contribution is -0.384. The van der Waals surface area contributed by atoms with E-state index in [0.29, 0.717) is 23.0 Å². The third kappa shape index (κ3) is 4.74. The lowest BCUT2D eigenvalue weighted by Crippen LogP contribution is -2.15. The van der Waals surface area contributed by atoms with Crippen molar-refractivity contribution in [2.24, 2.45) is 0 Å². The number of carbonyl (C=O) groups is 1. The minimum Gasteiger partial charge on any atom is -0.325 e. The second-order valence-corrected chi connectivity index (χ2v) is 7.56. The molecular weight excluding hydrogens is 402 g/mol. The topological polar surface area (TPSA) is 103 Å². The molecule has 0 spiro atoms. The molecule has 30 heavy (non-hydrogen) atoms. The predicted octanol–water partition coefficient (Wildman–Crippen LogP) is 4.39.